The molecule has 0 aliphatic rings. The van der Waals surface area contributed by atoms with Gasteiger partial charge >= 0.3 is 0 Å². The minimum Gasteiger partial charge on any atom is -0.370 e. The zero-order valence-corrected chi connectivity index (χ0v) is 7.43. The van der Waals surface area contributed by atoms with Gasteiger partial charge in [0.2, 0.25) is 5.91 Å². The second-order valence-electron chi connectivity index (χ2n) is 2.37. The summed E-state index contributed by atoms with van der Waals surface area (Å²) in [6.45, 7) is 1.32. The first-order valence-corrected chi connectivity index (χ1v) is 4.59. The maximum Gasteiger partial charge on any atom is 0.218 e. The molecule has 0 spiro atoms. The van der Waals surface area contributed by atoms with Gasteiger partial charge < -0.3 is 11.1 Å². The lowest BCUT2D eigenvalue weighted by Gasteiger charge is -1.98. The molecule has 4 nitrogen and oxygen atoms in total. The molecular weight excluding hydrogens is 174 g/mol. The van der Waals surface area contributed by atoms with Crippen LogP contribution in [-0.2, 0) is 11.3 Å². The predicted molar refractivity (Wildman–Crippen MR) is 47.6 cm³/mol. The van der Waals surface area contributed by atoms with E-state index in [1.54, 1.807) is 16.8 Å². The highest BCUT2D eigenvalue weighted by atomic mass is 32.1. The van der Waals surface area contributed by atoms with Crippen molar-refractivity contribution in [1.82, 2.24) is 10.3 Å². The highest BCUT2D eigenvalue weighted by Crippen LogP contribution is 1.99. The Hall–Kier alpha value is -0.940. The van der Waals surface area contributed by atoms with E-state index < -0.39 is 0 Å². The number of nitrogens with one attached hydrogen (secondary N) is 1. The van der Waals surface area contributed by atoms with E-state index >= 15 is 0 Å². The molecule has 5 heteroatoms. The first-order valence-electron chi connectivity index (χ1n) is 3.65. The van der Waals surface area contributed by atoms with Gasteiger partial charge in [-0.25, -0.2) is 4.98 Å². The maximum absolute atomic E-state index is 10.3. The molecule has 0 fully saturated rings. The maximum atomic E-state index is 10.3. The highest BCUT2D eigenvalue weighted by Gasteiger charge is 1.95. The summed E-state index contributed by atoms with van der Waals surface area (Å²) in [4.78, 5) is 14.4. The van der Waals surface area contributed by atoms with Crippen molar-refractivity contribution in [2.24, 2.45) is 5.73 Å². The highest BCUT2D eigenvalue weighted by molar-refractivity contribution is 7.07. The fourth-order valence-corrected chi connectivity index (χ4v) is 1.31. The molecule has 1 rings (SSSR count). The topological polar surface area (TPSA) is 68.0 Å². The first kappa shape index (κ1) is 9.15. The van der Waals surface area contributed by atoms with Gasteiger partial charge in [-0.3, -0.25) is 4.79 Å². The Morgan fingerprint density at radius 1 is 1.75 bits per heavy atom. The van der Waals surface area contributed by atoms with Crippen molar-refractivity contribution in [1.29, 1.82) is 0 Å². The Morgan fingerprint density at radius 2 is 2.58 bits per heavy atom. The van der Waals surface area contributed by atoms with Gasteiger partial charge in [-0.1, -0.05) is 0 Å². The van der Waals surface area contributed by atoms with Crippen LogP contribution in [0.15, 0.2) is 10.9 Å². The van der Waals surface area contributed by atoms with Crippen LogP contribution in [0.2, 0.25) is 0 Å². The summed E-state index contributed by atoms with van der Waals surface area (Å²) in [5.74, 6) is -0.277. The molecule has 0 saturated heterocycles. The molecule has 0 aliphatic carbocycles. The smallest absolute Gasteiger partial charge is 0.218 e. The van der Waals surface area contributed by atoms with Crippen molar-refractivity contribution in [3.63, 3.8) is 0 Å². The van der Waals surface area contributed by atoms with Crippen LogP contribution in [0.5, 0.6) is 0 Å². The second-order valence-corrected chi connectivity index (χ2v) is 3.09. The lowest BCUT2D eigenvalue weighted by atomic mass is 10.4. The molecule has 1 amide bonds. The van der Waals surface area contributed by atoms with E-state index in [1.165, 1.54) is 0 Å². The minimum absolute atomic E-state index is 0.277. The average Bonchev–Trinajstić information content (AvgIpc) is 2.49. The molecule has 0 radical (unpaired) electrons. The molecule has 1 heterocycles. The summed E-state index contributed by atoms with van der Waals surface area (Å²) in [6, 6.07) is 0. The van der Waals surface area contributed by atoms with E-state index in [2.05, 4.69) is 10.3 Å². The fourth-order valence-electron chi connectivity index (χ4n) is 0.753. The third kappa shape index (κ3) is 3.45. The van der Waals surface area contributed by atoms with Crippen molar-refractivity contribution < 1.29 is 4.79 Å². The number of amides is 1. The molecule has 0 aromatic carbocycles. The molecule has 0 saturated carbocycles. The van der Waals surface area contributed by atoms with Crippen LogP contribution in [0.1, 0.15) is 12.1 Å². The van der Waals surface area contributed by atoms with E-state index in [0.29, 0.717) is 19.5 Å². The Labute approximate surface area is 74.8 Å². The molecule has 3 N–H and O–H groups in total. The van der Waals surface area contributed by atoms with Gasteiger partial charge in [0.25, 0.3) is 0 Å². The minimum atomic E-state index is -0.277. The lowest BCUT2D eigenvalue weighted by molar-refractivity contribution is -0.117. The molecule has 1 aromatic heterocycles. The van der Waals surface area contributed by atoms with E-state index in [4.69, 9.17) is 5.73 Å². The number of hydrogen-bond acceptors (Lipinski definition) is 4. The van der Waals surface area contributed by atoms with Gasteiger partial charge in [-0.15, -0.1) is 11.3 Å². The molecule has 0 aliphatic heterocycles. The Balaban J connectivity index is 2.07. The Kier molecular flexibility index (Phi) is 3.69. The standard InChI is InChI=1S/C7H11N3OS/c8-7(11)1-2-9-3-6-4-12-5-10-6/h4-5,9H,1-3H2,(H2,8,11). The second kappa shape index (κ2) is 4.84. The van der Waals surface area contributed by atoms with Gasteiger partial charge in [0.05, 0.1) is 11.2 Å². The van der Waals surface area contributed by atoms with Crippen LogP contribution in [0.25, 0.3) is 0 Å². The Bertz CT molecular complexity index is 235. The number of carbonyl (C=O) groups excluding carboxylic acids is 1. The van der Waals surface area contributed by atoms with Crippen LogP contribution in [0.4, 0.5) is 0 Å². The predicted octanol–water partition coefficient (Wildman–Crippen LogP) is 0.108. The number of hydrogen-bond donors (Lipinski definition) is 2. The van der Waals surface area contributed by atoms with Crippen LogP contribution in [-0.4, -0.2) is 17.4 Å². The number of rotatable bonds is 5. The van der Waals surface area contributed by atoms with Crippen molar-refractivity contribution in [3.05, 3.63) is 16.6 Å². The van der Waals surface area contributed by atoms with E-state index in [1.807, 2.05) is 5.38 Å². The molecule has 12 heavy (non-hydrogen) atoms. The molecule has 0 atom stereocenters. The van der Waals surface area contributed by atoms with Gasteiger partial charge in [0, 0.05) is 24.9 Å². The van der Waals surface area contributed by atoms with E-state index in [9.17, 15) is 4.79 Å². The van der Waals surface area contributed by atoms with Crippen LogP contribution < -0.4 is 11.1 Å². The number of carbonyl (C=O) groups is 1. The Morgan fingerprint density at radius 3 is 3.17 bits per heavy atom. The zero-order valence-electron chi connectivity index (χ0n) is 6.62. The summed E-state index contributed by atoms with van der Waals surface area (Å²) >= 11 is 1.56. The number of primary amides is 1. The van der Waals surface area contributed by atoms with Crippen molar-refractivity contribution >= 4 is 17.2 Å². The molecule has 66 valence electrons. The summed E-state index contributed by atoms with van der Waals surface area (Å²) < 4.78 is 0. The normalized spacial score (nSPS) is 10.0. The first-order chi connectivity index (χ1) is 5.79. The van der Waals surface area contributed by atoms with E-state index in [0.717, 1.165) is 5.69 Å². The number of nitrogens with two attached hydrogens (primary N) is 1. The molecule has 0 unspecified atom stereocenters. The van der Waals surface area contributed by atoms with Crippen LogP contribution in [0.3, 0.4) is 0 Å². The van der Waals surface area contributed by atoms with Crippen molar-refractivity contribution in [2.75, 3.05) is 6.54 Å². The monoisotopic (exact) mass is 185 g/mol. The largest absolute Gasteiger partial charge is 0.370 e. The summed E-state index contributed by atoms with van der Waals surface area (Å²) in [5, 5.41) is 5.03. The van der Waals surface area contributed by atoms with Crippen molar-refractivity contribution in [3.8, 4) is 0 Å². The third-order valence-electron chi connectivity index (χ3n) is 1.34. The van der Waals surface area contributed by atoms with Crippen LogP contribution in [0, 0.1) is 0 Å². The van der Waals surface area contributed by atoms with Crippen molar-refractivity contribution in [2.45, 2.75) is 13.0 Å². The summed E-state index contributed by atoms with van der Waals surface area (Å²) in [7, 11) is 0. The fraction of sp³-hybridized carbons (Fsp3) is 0.429. The number of thiazole rings is 1. The lowest BCUT2D eigenvalue weighted by Crippen LogP contribution is -2.21. The van der Waals surface area contributed by atoms with Gasteiger partial charge in [0.1, 0.15) is 0 Å². The summed E-state index contributed by atoms with van der Waals surface area (Å²) in [6.07, 6.45) is 0.379. The number of nitrogens with zero attached hydrogens (tertiary/aromatic N) is 1. The third-order valence-corrected chi connectivity index (χ3v) is 1.97. The molecule has 0 bridgehead atoms. The van der Waals surface area contributed by atoms with E-state index in [-0.39, 0.29) is 5.91 Å². The van der Waals surface area contributed by atoms with Crippen LogP contribution >= 0.6 is 11.3 Å². The quantitative estimate of drug-likeness (QED) is 0.640. The van der Waals surface area contributed by atoms with Gasteiger partial charge in [0.15, 0.2) is 0 Å². The van der Waals surface area contributed by atoms with Gasteiger partial charge in [-0.05, 0) is 0 Å². The molecule has 1 aromatic rings. The molecular formula is C7H11N3OS. The average molecular weight is 185 g/mol. The SMILES string of the molecule is NC(=O)CCNCc1cscn1. The number of aromatic nitrogens is 1. The zero-order chi connectivity index (χ0) is 8.81. The summed E-state index contributed by atoms with van der Waals surface area (Å²) in [5.41, 5.74) is 7.75. The van der Waals surface area contributed by atoms with Gasteiger partial charge in [-0.2, -0.15) is 0 Å².